The first kappa shape index (κ1) is 22.4. The van der Waals surface area contributed by atoms with Gasteiger partial charge in [-0.3, -0.25) is 10.5 Å². The van der Waals surface area contributed by atoms with E-state index in [1.54, 1.807) is 0 Å². The third-order valence-electron chi connectivity index (χ3n) is 4.36. The normalized spacial score (nSPS) is 12.3. The fourth-order valence-corrected chi connectivity index (χ4v) is 2.82. The lowest BCUT2D eigenvalue weighted by atomic mass is 10.1. The molecule has 0 amide bonds. The van der Waals surface area contributed by atoms with Gasteiger partial charge in [0.25, 0.3) is 0 Å². The van der Waals surface area contributed by atoms with E-state index >= 15 is 0 Å². The number of rotatable bonds is 17. The van der Waals surface area contributed by atoms with Crippen LogP contribution in [-0.4, -0.2) is 12.2 Å². The molecule has 0 aromatic rings. The molecule has 3 nitrogen and oxygen atoms in total. The molecule has 0 saturated carbocycles. The van der Waals surface area contributed by atoms with Crippen molar-refractivity contribution in [1.29, 1.82) is 0 Å². The molecule has 1 unspecified atom stereocenters. The first-order chi connectivity index (χ1) is 11.2. The molecule has 2 N–H and O–H groups in total. The second kappa shape index (κ2) is 17.8. The van der Waals surface area contributed by atoms with E-state index in [2.05, 4.69) is 13.8 Å². The monoisotopic (exact) mass is 327 g/mol. The molecule has 0 bridgehead atoms. The molecule has 0 aliphatic heterocycles. The Morgan fingerprint density at radius 1 is 0.739 bits per heavy atom. The molecule has 0 fully saturated rings. The van der Waals surface area contributed by atoms with Gasteiger partial charge in [0.1, 0.15) is 0 Å². The van der Waals surface area contributed by atoms with Crippen LogP contribution in [0.1, 0.15) is 117 Å². The summed E-state index contributed by atoms with van der Waals surface area (Å²) in [5.74, 6) is -0.117. The molecule has 0 heterocycles. The Morgan fingerprint density at radius 3 is 1.70 bits per heavy atom. The van der Waals surface area contributed by atoms with Crippen LogP contribution in [0, 0.1) is 0 Å². The van der Waals surface area contributed by atoms with Gasteiger partial charge in [-0.05, 0) is 19.3 Å². The van der Waals surface area contributed by atoms with Crippen molar-refractivity contribution in [2.45, 2.75) is 123 Å². The summed E-state index contributed by atoms with van der Waals surface area (Å²) in [6, 6.07) is 0. The van der Waals surface area contributed by atoms with Gasteiger partial charge < -0.3 is 4.74 Å². The second-order valence-electron chi connectivity index (χ2n) is 6.81. The van der Waals surface area contributed by atoms with Crippen LogP contribution < -0.4 is 5.73 Å². The summed E-state index contributed by atoms with van der Waals surface area (Å²) >= 11 is 0. The van der Waals surface area contributed by atoms with Gasteiger partial charge in [-0.25, -0.2) is 0 Å². The maximum Gasteiger partial charge on any atom is 0.307 e. The van der Waals surface area contributed by atoms with Crippen molar-refractivity contribution in [2.24, 2.45) is 5.73 Å². The molecule has 138 valence electrons. The number of hydrogen-bond acceptors (Lipinski definition) is 3. The first-order valence-electron chi connectivity index (χ1n) is 10.2. The van der Waals surface area contributed by atoms with E-state index in [-0.39, 0.29) is 5.97 Å². The standard InChI is InChI=1S/C20H41NO2/c1-3-5-7-9-10-11-12-14-16-18-20(22)23-19(21)17-15-13-8-6-4-2/h19H,3-18,21H2,1-2H3. The molecule has 1 atom stereocenters. The van der Waals surface area contributed by atoms with Crippen LogP contribution in [-0.2, 0) is 9.53 Å². The van der Waals surface area contributed by atoms with Gasteiger partial charge in [0, 0.05) is 6.42 Å². The van der Waals surface area contributed by atoms with E-state index in [1.807, 2.05) is 0 Å². The van der Waals surface area contributed by atoms with Gasteiger partial charge in [0.15, 0.2) is 6.23 Å². The van der Waals surface area contributed by atoms with Crippen molar-refractivity contribution in [2.75, 3.05) is 0 Å². The molecule has 0 radical (unpaired) electrons. The summed E-state index contributed by atoms with van der Waals surface area (Å²) in [4.78, 5) is 11.7. The van der Waals surface area contributed by atoms with E-state index < -0.39 is 6.23 Å². The van der Waals surface area contributed by atoms with E-state index in [0.717, 1.165) is 25.7 Å². The molecule has 0 aliphatic rings. The Labute approximate surface area is 144 Å². The topological polar surface area (TPSA) is 52.3 Å². The van der Waals surface area contributed by atoms with Gasteiger partial charge in [0.05, 0.1) is 0 Å². The zero-order valence-corrected chi connectivity index (χ0v) is 15.8. The van der Waals surface area contributed by atoms with Crippen LogP contribution in [0.3, 0.4) is 0 Å². The fourth-order valence-electron chi connectivity index (χ4n) is 2.82. The van der Waals surface area contributed by atoms with E-state index in [0.29, 0.717) is 6.42 Å². The Kier molecular flexibility index (Phi) is 17.3. The summed E-state index contributed by atoms with van der Waals surface area (Å²) in [6.45, 7) is 4.46. The molecule has 0 aromatic carbocycles. The predicted octanol–water partition coefficient (Wildman–Crippen LogP) is 6.10. The maximum absolute atomic E-state index is 11.7. The highest BCUT2D eigenvalue weighted by Crippen LogP contribution is 2.12. The highest BCUT2D eigenvalue weighted by atomic mass is 16.6. The smallest absolute Gasteiger partial charge is 0.307 e. The van der Waals surface area contributed by atoms with Crippen LogP contribution in [0.4, 0.5) is 0 Å². The van der Waals surface area contributed by atoms with Crippen LogP contribution in [0.25, 0.3) is 0 Å². The van der Waals surface area contributed by atoms with Gasteiger partial charge in [-0.1, -0.05) is 90.9 Å². The van der Waals surface area contributed by atoms with Crippen LogP contribution in [0.2, 0.25) is 0 Å². The number of carbonyl (C=O) groups excluding carboxylic acids is 1. The average molecular weight is 328 g/mol. The second-order valence-corrected chi connectivity index (χ2v) is 6.81. The Morgan fingerprint density at radius 2 is 1.17 bits per heavy atom. The summed E-state index contributed by atoms with van der Waals surface area (Å²) < 4.78 is 5.27. The molecule has 0 rings (SSSR count). The van der Waals surface area contributed by atoms with Gasteiger partial charge in [-0.15, -0.1) is 0 Å². The number of unbranched alkanes of at least 4 members (excludes halogenated alkanes) is 12. The van der Waals surface area contributed by atoms with E-state index in [4.69, 9.17) is 10.5 Å². The van der Waals surface area contributed by atoms with Crippen molar-refractivity contribution in [1.82, 2.24) is 0 Å². The van der Waals surface area contributed by atoms with E-state index in [1.165, 1.54) is 70.6 Å². The quantitative estimate of drug-likeness (QED) is 0.200. The molecular weight excluding hydrogens is 286 g/mol. The van der Waals surface area contributed by atoms with Crippen molar-refractivity contribution < 1.29 is 9.53 Å². The minimum atomic E-state index is -0.400. The van der Waals surface area contributed by atoms with Crippen molar-refractivity contribution >= 4 is 5.97 Å². The van der Waals surface area contributed by atoms with Gasteiger partial charge >= 0.3 is 5.97 Å². The van der Waals surface area contributed by atoms with E-state index in [9.17, 15) is 4.79 Å². The average Bonchev–Trinajstić information content (AvgIpc) is 2.53. The predicted molar refractivity (Wildman–Crippen MR) is 99.3 cm³/mol. The Balaban J connectivity index is 3.32. The molecule has 3 heteroatoms. The molecule has 0 spiro atoms. The number of carbonyl (C=O) groups is 1. The number of hydrogen-bond donors (Lipinski definition) is 1. The highest BCUT2D eigenvalue weighted by molar-refractivity contribution is 5.69. The highest BCUT2D eigenvalue weighted by Gasteiger charge is 2.09. The zero-order valence-electron chi connectivity index (χ0n) is 15.8. The SMILES string of the molecule is CCCCCCCCCCCC(=O)OC(N)CCCCCCC. The number of ether oxygens (including phenoxy) is 1. The first-order valence-corrected chi connectivity index (χ1v) is 10.2. The van der Waals surface area contributed by atoms with Crippen molar-refractivity contribution in [3.8, 4) is 0 Å². The van der Waals surface area contributed by atoms with Crippen molar-refractivity contribution in [3.05, 3.63) is 0 Å². The molecule has 23 heavy (non-hydrogen) atoms. The fraction of sp³-hybridized carbons (Fsp3) is 0.950. The molecule has 0 aliphatic carbocycles. The van der Waals surface area contributed by atoms with Crippen molar-refractivity contribution in [3.63, 3.8) is 0 Å². The minimum absolute atomic E-state index is 0.117. The number of esters is 1. The summed E-state index contributed by atoms with van der Waals surface area (Å²) in [5, 5.41) is 0. The molecule has 0 saturated heterocycles. The summed E-state index contributed by atoms with van der Waals surface area (Å²) in [6.07, 6.45) is 18.3. The summed E-state index contributed by atoms with van der Waals surface area (Å²) in [7, 11) is 0. The Hall–Kier alpha value is -0.570. The summed E-state index contributed by atoms with van der Waals surface area (Å²) in [5.41, 5.74) is 5.86. The number of nitrogens with two attached hydrogens (primary N) is 1. The van der Waals surface area contributed by atoms with Gasteiger partial charge in [0.2, 0.25) is 0 Å². The lowest BCUT2D eigenvalue weighted by molar-refractivity contribution is -0.149. The molecule has 0 aromatic heterocycles. The third kappa shape index (κ3) is 17.6. The van der Waals surface area contributed by atoms with Crippen LogP contribution in [0.5, 0.6) is 0 Å². The van der Waals surface area contributed by atoms with Crippen LogP contribution >= 0.6 is 0 Å². The third-order valence-corrected chi connectivity index (χ3v) is 4.36. The zero-order chi connectivity index (χ0) is 17.2. The Bertz CT molecular complexity index is 256. The van der Waals surface area contributed by atoms with Crippen LogP contribution in [0.15, 0.2) is 0 Å². The van der Waals surface area contributed by atoms with Gasteiger partial charge in [-0.2, -0.15) is 0 Å². The lowest BCUT2D eigenvalue weighted by Gasteiger charge is -2.13. The lowest BCUT2D eigenvalue weighted by Crippen LogP contribution is -2.26. The largest absolute Gasteiger partial charge is 0.447 e. The minimum Gasteiger partial charge on any atom is -0.447 e. The maximum atomic E-state index is 11.7. The molecular formula is C20H41NO2.